The second-order valence-electron chi connectivity index (χ2n) is 7.02. The molecule has 1 aliphatic heterocycles. The quantitative estimate of drug-likeness (QED) is 0.683. The number of Topliss-reactive ketones (excluding diaryl/α,β-unsaturated/α-hetero) is 1. The van der Waals surface area contributed by atoms with E-state index in [1.54, 1.807) is 36.4 Å². The molecule has 4 rings (SSSR count). The SMILES string of the molecule is CC(=O)C1C(=O)C=C(c2ccc3c(c2)-c2ccccc2S3(=O)=O)CC1C(=O)O. The van der Waals surface area contributed by atoms with E-state index in [2.05, 4.69) is 0 Å². The first-order valence-electron chi connectivity index (χ1n) is 8.68. The number of benzene rings is 2. The molecule has 0 aromatic heterocycles. The maximum atomic E-state index is 12.7. The molecule has 0 radical (unpaired) electrons. The van der Waals surface area contributed by atoms with E-state index in [-0.39, 0.29) is 16.2 Å². The molecule has 2 aromatic rings. The summed E-state index contributed by atoms with van der Waals surface area (Å²) in [6, 6.07) is 11.4. The number of aliphatic carboxylic acids is 1. The third kappa shape index (κ3) is 2.62. The van der Waals surface area contributed by atoms with Gasteiger partial charge in [0.1, 0.15) is 5.78 Å². The van der Waals surface area contributed by atoms with Gasteiger partial charge in [-0.05, 0) is 48.8 Å². The molecule has 0 fully saturated rings. The maximum Gasteiger partial charge on any atom is 0.308 e. The van der Waals surface area contributed by atoms with Crippen molar-refractivity contribution in [2.45, 2.75) is 23.1 Å². The van der Waals surface area contributed by atoms with Gasteiger partial charge in [-0.2, -0.15) is 0 Å². The zero-order valence-corrected chi connectivity index (χ0v) is 15.7. The highest BCUT2D eigenvalue weighted by molar-refractivity contribution is 7.92. The highest BCUT2D eigenvalue weighted by atomic mass is 32.2. The molecule has 2 atom stereocenters. The van der Waals surface area contributed by atoms with E-state index in [0.29, 0.717) is 22.3 Å². The van der Waals surface area contributed by atoms with Crippen molar-refractivity contribution in [3.8, 4) is 11.1 Å². The molecule has 0 bridgehead atoms. The van der Waals surface area contributed by atoms with Crippen LogP contribution < -0.4 is 0 Å². The molecule has 142 valence electrons. The number of carbonyl (C=O) groups excluding carboxylic acids is 2. The maximum absolute atomic E-state index is 12.7. The Balaban J connectivity index is 1.83. The zero-order chi connectivity index (χ0) is 20.2. The van der Waals surface area contributed by atoms with E-state index in [0.717, 1.165) is 0 Å². The summed E-state index contributed by atoms with van der Waals surface area (Å²) in [5, 5.41) is 9.48. The molecule has 1 N–H and O–H groups in total. The molecule has 2 aromatic carbocycles. The van der Waals surface area contributed by atoms with Crippen molar-refractivity contribution in [2.24, 2.45) is 11.8 Å². The molecule has 1 heterocycles. The molecule has 2 aliphatic rings. The lowest BCUT2D eigenvalue weighted by Gasteiger charge is -2.26. The average Bonchev–Trinajstić information content (AvgIpc) is 2.88. The van der Waals surface area contributed by atoms with Gasteiger partial charge in [0.15, 0.2) is 5.78 Å². The number of allylic oxidation sites excluding steroid dienone is 2. The number of rotatable bonds is 3. The van der Waals surface area contributed by atoms with Gasteiger partial charge in [-0.25, -0.2) is 8.42 Å². The van der Waals surface area contributed by atoms with Crippen molar-refractivity contribution in [2.75, 3.05) is 0 Å². The van der Waals surface area contributed by atoms with Gasteiger partial charge in [0.25, 0.3) is 0 Å². The minimum absolute atomic E-state index is 0.0263. The van der Waals surface area contributed by atoms with Gasteiger partial charge in [0.2, 0.25) is 9.84 Å². The van der Waals surface area contributed by atoms with Gasteiger partial charge >= 0.3 is 5.97 Å². The van der Waals surface area contributed by atoms with Gasteiger partial charge in [-0.15, -0.1) is 0 Å². The van der Waals surface area contributed by atoms with Crippen LogP contribution in [0.2, 0.25) is 0 Å². The smallest absolute Gasteiger partial charge is 0.308 e. The minimum Gasteiger partial charge on any atom is -0.481 e. The third-order valence-electron chi connectivity index (χ3n) is 5.33. The van der Waals surface area contributed by atoms with Crippen molar-refractivity contribution in [1.82, 2.24) is 0 Å². The van der Waals surface area contributed by atoms with Crippen molar-refractivity contribution in [1.29, 1.82) is 0 Å². The lowest BCUT2D eigenvalue weighted by molar-refractivity contribution is -0.149. The molecule has 1 aliphatic carbocycles. The highest BCUT2D eigenvalue weighted by Gasteiger charge is 2.40. The number of carbonyl (C=O) groups is 3. The second kappa shape index (κ2) is 6.24. The van der Waals surface area contributed by atoms with Crippen molar-refractivity contribution >= 4 is 32.9 Å². The molecular weight excluding hydrogens is 380 g/mol. The van der Waals surface area contributed by atoms with Crippen LogP contribution in [0.5, 0.6) is 0 Å². The van der Waals surface area contributed by atoms with E-state index in [4.69, 9.17) is 0 Å². The molecular formula is C21H16O6S. The average molecular weight is 396 g/mol. The van der Waals surface area contributed by atoms with Crippen LogP contribution in [0.25, 0.3) is 16.7 Å². The molecule has 0 saturated heterocycles. The third-order valence-corrected chi connectivity index (χ3v) is 7.20. The lowest BCUT2D eigenvalue weighted by Crippen LogP contribution is -2.37. The van der Waals surface area contributed by atoms with E-state index in [1.807, 2.05) is 0 Å². The Morgan fingerprint density at radius 1 is 1.04 bits per heavy atom. The molecule has 2 unspecified atom stereocenters. The zero-order valence-electron chi connectivity index (χ0n) is 14.9. The predicted octanol–water partition coefficient (Wildman–Crippen LogP) is 2.76. The number of hydrogen-bond acceptors (Lipinski definition) is 5. The summed E-state index contributed by atoms with van der Waals surface area (Å²) in [5.41, 5.74) is 2.17. The Morgan fingerprint density at radius 3 is 2.39 bits per heavy atom. The van der Waals surface area contributed by atoms with Crippen LogP contribution in [-0.2, 0) is 24.2 Å². The van der Waals surface area contributed by atoms with Gasteiger partial charge in [-0.3, -0.25) is 14.4 Å². The fraction of sp³-hybridized carbons (Fsp3) is 0.190. The summed E-state index contributed by atoms with van der Waals surface area (Å²) in [4.78, 5) is 36.2. The van der Waals surface area contributed by atoms with E-state index >= 15 is 0 Å². The number of sulfone groups is 1. The highest BCUT2D eigenvalue weighted by Crippen LogP contribution is 2.45. The fourth-order valence-corrected chi connectivity index (χ4v) is 5.67. The monoisotopic (exact) mass is 396 g/mol. The van der Waals surface area contributed by atoms with Crippen LogP contribution in [0.4, 0.5) is 0 Å². The molecule has 0 spiro atoms. The summed E-state index contributed by atoms with van der Waals surface area (Å²) in [7, 11) is -3.59. The predicted molar refractivity (Wildman–Crippen MR) is 100 cm³/mol. The Morgan fingerprint density at radius 2 is 1.71 bits per heavy atom. The van der Waals surface area contributed by atoms with Crippen LogP contribution >= 0.6 is 0 Å². The summed E-state index contributed by atoms with van der Waals surface area (Å²) in [6.45, 7) is 1.22. The second-order valence-corrected chi connectivity index (χ2v) is 8.91. The van der Waals surface area contributed by atoms with Crippen LogP contribution in [-0.4, -0.2) is 31.1 Å². The number of fused-ring (bicyclic) bond motifs is 3. The van der Waals surface area contributed by atoms with Crippen LogP contribution in [0.3, 0.4) is 0 Å². The number of hydrogen-bond donors (Lipinski definition) is 1. The topological polar surface area (TPSA) is 106 Å². The van der Waals surface area contributed by atoms with E-state index in [9.17, 15) is 27.9 Å². The van der Waals surface area contributed by atoms with Gasteiger partial charge in [-0.1, -0.05) is 24.3 Å². The van der Waals surface area contributed by atoms with Crippen molar-refractivity contribution in [3.05, 3.63) is 54.1 Å². The van der Waals surface area contributed by atoms with Crippen molar-refractivity contribution in [3.63, 3.8) is 0 Å². The molecule has 0 saturated carbocycles. The van der Waals surface area contributed by atoms with Crippen LogP contribution in [0.1, 0.15) is 18.9 Å². The largest absolute Gasteiger partial charge is 0.481 e. The fourth-order valence-electron chi connectivity index (χ4n) is 4.00. The summed E-state index contributed by atoms with van der Waals surface area (Å²) >= 11 is 0. The Labute approximate surface area is 161 Å². The standard InChI is InChI=1S/C21H16O6S/c1-11(22)20-16(21(24)25)9-13(10-17(20)23)12-6-7-19-15(8-12)14-4-2-3-5-18(14)28(19,26)27/h2-8,10,16,20H,9H2,1H3,(H,24,25). The van der Waals surface area contributed by atoms with Gasteiger partial charge < -0.3 is 5.11 Å². The Kier molecular flexibility index (Phi) is 4.08. The molecule has 6 nitrogen and oxygen atoms in total. The summed E-state index contributed by atoms with van der Waals surface area (Å²) < 4.78 is 25.4. The molecule has 28 heavy (non-hydrogen) atoms. The Bertz CT molecular complexity index is 1190. The van der Waals surface area contributed by atoms with Gasteiger partial charge in [0.05, 0.1) is 21.6 Å². The first-order valence-corrected chi connectivity index (χ1v) is 10.2. The molecule has 0 amide bonds. The minimum atomic E-state index is -3.59. The first-order chi connectivity index (χ1) is 13.2. The Hall–Kier alpha value is -3.06. The first kappa shape index (κ1) is 18.3. The van der Waals surface area contributed by atoms with Crippen LogP contribution in [0.15, 0.2) is 58.3 Å². The van der Waals surface area contributed by atoms with Gasteiger partial charge in [0, 0.05) is 11.1 Å². The van der Waals surface area contributed by atoms with E-state index < -0.39 is 39.2 Å². The normalized spacial score (nSPS) is 22.2. The van der Waals surface area contributed by atoms with Crippen molar-refractivity contribution < 1.29 is 27.9 Å². The number of carboxylic acid groups (broad SMARTS) is 1. The summed E-state index contributed by atoms with van der Waals surface area (Å²) in [6.07, 6.45) is 1.33. The molecule has 7 heteroatoms. The van der Waals surface area contributed by atoms with Crippen LogP contribution in [0, 0.1) is 11.8 Å². The number of carboxylic acids is 1. The van der Waals surface area contributed by atoms with E-state index in [1.165, 1.54) is 19.1 Å². The summed E-state index contributed by atoms with van der Waals surface area (Å²) in [5.74, 6) is -4.52. The lowest BCUT2D eigenvalue weighted by atomic mass is 9.75. The number of ketones is 2.